The van der Waals surface area contributed by atoms with Gasteiger partial charge >= 0.3 is 0 Å². The van der Waals surface area contributed by atoms with Crippen LogP contribution in [0.4, 0.5) is 17.5 Å². The smallest absolute Gasteiger partial charge is 0.226 e. The first-order chi connectivity index (χ1) is 15.0. The lowest BCUT2D eigenvalue weighted by atomic mass is 9.49. The third-order valence-electron chi connectivity index (χ3n) is 7.25. The van der Waals surface area contributed by atoms with E-state index in [0.717, 1.165) is 54.2 Å². The SMILES string of the molecule is Cc1ccnc(Nc2cc(NCCNC(=O)C34CC5CC(CC(C5)C3)C4)nc(C)n2)c1. The standard InChI is InChI=1S/C24H32N6O/c1-15-3-4-25-20(7-15)30-22-11-21(28-16(2)29-22)26-5-6-27-23(31)24-12-17-8-18(13-24)10-19(9-17)14-24/h3-4,7,11,17-19H,5-6,8-10,12-14H2,1-2H3,(H,27,31)(H2,25,26,28,29,30). The second-order valence-electron chi connectivity index (χ2n) is 9.91. The molecule has 7 heteroatoms. The third kappa shape index (κ3) is 4.36. The molecule has 0 atom stereocenters. The number of pyridine rings is 1. The highest BCUT2D eigenvalue weighted by molar-refractivity contribution is 5.83. The van der Waals surface area contributed by atoms with Gasteiger partial charge in [-0.25, -0.2) is 15.0 Å². The Balaban J connectivity index is 1.15. The lowest BCUT2D eigenvalue weighted by Crippen LogP contribution is -2.54. The van der Waals surface area contributed by atoms with Gasteiger partial charge in [0.15, 0.2) is 0 Å². The Morgan fingerprint density at radius 3 is 2.32 bits per heavy atom. The van der Waals surface area contributed by atoms with E-state index in [0.29, 0.717) is 24.7 Å². The topological polar surface area (TPSA) is 91.8 Å². The second kappa shape index (κ2) is 8.09. The summed E-state index contributed by atoms with van der Waals surface area (Å²) >= 11 is 0. The van der Waals surface area contributed by atoms with E-state index in [1.807, 2.05) is 32.0 Å². The van der Waals surface area contributed by atoms with Gasteiger partial charge in [-0.05, 0) is 87.8 Å². The number of hydrogen-bond donors (Lipinski definition) is 3. The Kier molecular flexibility index (Phi) is 5.28. The lowest BCUT2D eigenvalue weighted by molar-refractivity contribution is -0.146. The van der Waals surface area contributed by atoms with Crippen molar-refractivity contribution in [2.75, 3.05) is 23.7 Å². The molecule has 2 aromatic rings. The summed E-state index contributed by atoms with van der Waals surface area (Å²) in [4.78, 5) is 26.3. The molecule has 3 N–H and O–H groups in total. The number of hydrogen-bond acceptors (Lipinski definition) is 6. The van der Waals surface area contributed by atoms with Crippen molar-refractivity contribution in [3.8, 4) is 0 Å². The normalized spacial score (nSPS) is 28.4. The van der Waals surface area contributed by atoms with E-state index in [9.17, 15) is 4.79 Å². The minimum absolute atomic E-state index is 0.0852. The summed E-state index contributed by atoms with van der Waals surface area (Å²) < 4.78 is 0. The van der Waals surface area contributed by atoms with Gasteiger partial charge in [-0.2, -0.15) is 0 Å². The van der Waals surface area contributed by atoms with Crippen LogP contribution in [0.15, 0.2) is 24.4 Å². The molecular weight excluding hydrogens is 388 g/mol. The van der Waals surface area contributed by atoms with Crippen LogP contribution < -0.4 is 16.0 Å². The molecule has 4 aliphatic rings. The highest BCUT2D eigenvalue weighted by Crippen LogP contribution is 2.60. The summed E-state index contributed by atoms with van der Waals surface area (Å²) in [7, 11) is 0. The van der Waals surface area contributed by atoms with Crippen LogP contribution in [-0.4, -0.2) is 33.9 Å². The number of rotatable bonds is 7. The summed E-state index contributed by atoms with van der Waals surface area (Å²) in [6, 6.07) is 5.81. The highest BCUT2D eigenvalue weighted by atomic mass is 16.2. The van der Waals surface area contributed by atoms with Gasteiger partial charge < -0.3 is 16.0 Å². The fraction of sp³-hybridized carbons (Fsp3) is 0.583. The number of anilines is 3. The van der Waals surface area contributed by atoms with Crippen LogP contribution >= 0.6 is 0 Å². The number of nitrogens with one attached hydrogen (secondary N) is 3. The molecule has 0 saturated heterocycles. The average molecular weight is 421 g/mol. The monoisotopic (exact) mass is 420 g/mol. The number of carbonyl (C=O) groups is 1. The molecule has 4 aliphatic carbocycles. The van der Waals surface area contributed by atoms with Crippen molar-refractivity contribution in [2.45, 2.75) is 52.4 Å². The van der Waals surface area contributed by atoms with Crippen LogP contribution in [0, 0.1) is 37.0 Å². The van der Waals surface area contributed by atoms with Crippen LogP contribution in [-0.2, 0) is 4.79 Å². The molecule has 2 heterocycles. The van der Waals surface area contributed by atoms with Crippen molar-refractivity contribution in [3.05, 3.63) is 35.8 Å². The summed E-state index contributed by atoms with van der Waals surface area (Å²) in [6.45, 7) is 5.14. The highest BCUT2D eigenvalue weighted by Gasteiger charge is 2.54. The van der Waals surface area contributed by atoms with E-state index in [1.165, 1.54) is 19.3 Å². The third-order valence-corrected chi connectivity index (χ3v) is 7.25. The summed E-state index contributed by atoms with van der Waals surface area (Å²) in [5, 5.41) is 9.78. The molecule has 164 valence electrons. The minimum atomic E-state index is -0.0852. The largest absolute Gasteiger partial charge is 0.368 e. The van der Waals surface area contributed by atoms with E-state index in [1.54, 1.807) is 6.20 Å². The molecule has 31 heavy (non-hydrogen) atoms. The van der Waals surface area contributed by atoms with Gasteiger partial charge in [-0.1, -0.05) is 0 Å². The average Bonchev–Trinajstić information content (AvgIpc) is 2.69. The van der Waals surface area contributed by atoms with Crippen molar-refractivity contribution < 1.29 is 4.79 Å². The molecule has 2 aromatic heterocycles. The molecule has 1 amide bonds. The molecule has 6 rings (SSSR count). The Labute approximate surface area is 183 Å². The number of nitrogens with zero attached hydrogens (tertiary/aromatic N) is 3. The molecule has 0 unspecified atom stereocenters. The van der Waals surface area contributed by atoms with Crippen molar-refractivity contribution >= 4 is 23.4 Å². The van der Waals surface area contributed by atoms with E-state index in [4.69, 9.17) is 0 Å². The van der Waals surface area contributed by atoms with E-state index in [-0.39, 0.29) is 11.3 Å². The Hall–Kier alpha value is -2.70. The first-order valence-corrected chi connectivity index (χ1v) is 11.5. The zero-order chi connectivity index (χ0) is 21.4. The van der Waals surface area contributed by atoms with Gasteiger partial charge in [0.25, 0.3) is 0 Å². The van der Waals surface area contributed by atoms with Crippen LogP contribution in [0.1, 0.15) is 49.9 Å². The maximum atomic E-state index is 13.1. The Morgan fingerprint density at radius 2 is 1.65 bits per heavy atom. The molecule has 4 bridgehead atoms. The fourth-order valence-corrected chi connectivity index (χ4v) is 6.40. The van der Waals surface area contributed by atoms with E-state index >= 15 is 0 Å². The molecule has 0 radical (unpaired) electrons. The molecule has 0 aliphatic heterocycles. The molecule has 4 saturated carbocycles. The van der Waals surface area contributed by atoms with E-state index in [2.05, 4.69) is 30.9 Å². The maximum absolute atomic E-state index is 13.1. The summed E-state index contributed by atoms with van der Waals surface area (Å²) in [6.07, 6.45) is 9.15. The van der Waals surface area contributed by atoms with Crippen molar-refractivity contribution in [3.63, 3.8) is 0 Å². The number of aryl methyl sites for hydroxylation is 2. The number of carbonyl (C=O) groups excluding carboxylic acids is 1. The molecule has 7 nitrogen and oxygen atoms in total. The molecule has 0 spiro atoms. The van der Waals surface area contributed by atoms with Gasteiger partial charge in [-0.3, -0.25) is 4.79 Å². The summed E-state index contributed by atoms with van der Waals surface area (Å²) in [5.41, 5.74) is 1.05. The Bertz CT molecular complexity index is 939. The fourth-order valence-electron chi connectivity index (χ4n) is 6.40. The molecule has 4 fully saturated rings. The summed E-state index contributed by atoms with van der Waals surface area (Å²) in [5.74, 6) is 5.51. The van der Waals surface area contributed by atoms with Gasteiger partial charge in [0.05, 0.1) is 0 Å². The van der Waals surface area contributed by atoms with Gasteiger partial charge in [-0.15, -0.1) is 0 Å². The van der Waals surface area contributed by atoms with E-state index < -0.39 is 0 Å². The minimum Gasteiger partial charge on any atom is -0.368 e. The molecule has 0 aromatic carbocycles. The van der Waals surface area contributed by atoms with Crippen LogP contribution in [0.25, 0.3) is 0 Å². The Morgan fingerprint density at radius 1 is 0.968 bits per heavy atom. The lowest BCUT2D eigenvalue weighted by Gasteiger charge is -2.55. The predicted molar refractivity (Wildman–Crippen MR) is 121 cm³/mol. The maximum Gasteiger partial charge on any atom is 0.226 e. The van der Waals surface area contributed by atoms with Crippen LogP contribution in [0.5, 0.6) is 0 Å². The van der Waals surface area contributed by atoms with Crippen molar-refractivity contribution in [1.29, 1.82) is 0 Å². The zero-order valence-corrected chi connectivity index (χ0v) is 18.4. The molecular formula is C24H32N6O. The van der Waals surface area contributed by atoms with Crippen molar-refractivity contribution in [2.24, 2.45) is 23.2 Å². The first kappa shape index (κ1) is 20.2. The zero-order valence-electron chi connectivity index (χ0n) is 18.4. The number of aromatic nitrogens is 3. The number of amides is 1. The first-order valence-electron chi connectivity index (χ1n) is 11.5. The van der Waals surface area contributed by atoms with Crippen LogP contribution in [0.2, 0.25) is 0 Å². The van der Waals surface area contributed by atoms with Gasteiger partial charge in [0.1, 0.15) is 23.3 Å². The predicted octanol–water partition coefficient (Wildman–Crippen LogP) is 3.98. The second-order valence-corrected chi connectivity index (χ2v) is 9.91. The van der Waals surface area contributed by atoms with Gasteiger partial charge in [0, 0.05) is 30.8 Å². The van der Waals surface area contributed by atoms with Crippen molar-refractivity contribution in [1.82, 2.24) is 20.3 Å². The van der Waals surface area contributed by atoms with Gasteiger partial charge in [0.2, 0.25) is 5.91 Å². The van der Waals surface area contributed by atoms with Crippen LogP contribution in [0.3, 0.4) is 0 Å². The quantitative estimate of drug-likeness (QED) is 0.587.